The van der Waals surface area contributed by atoms with Gasteiger partial charge in [0.1, 0.15) is 0 Å². The standard InChI is InChI=1S/C17H28O2/c1-4-9-15(5-2)13-16-10-7-6-8-11-17(18)19-14(3)12-16/h4,9,14,16H,1,5-8,10-13H2,2-3H3/b15-9+. The average molecular weight is 264 g/mol. The van der Waals surface area contributed by atoms with Crippen molar-refractivity contribution in [2.24, 2.45) is 5.92 Å². The Kier molecular flexibility index (Phi) is 7.54. The fraction of sp³-hybridized carbons (Fsp3) is 0.706. The second-order valence-corrected chi connectivity index (χ2v) is 5.62. The van der Waals surface area contributed by atoms with Crippen LogP contribution in [-0.4, -0.2) is 12.1 Å². The molecule has 1 heterocycles. The van der Waals surface area contributed by atoms with Crippen LogP contribution in [0.25, 0.3) is 0 Å². The van der Waals surface area contributed by atoms with E-state index in [1.54, 1.807) is 0 Å². The second kappa shape index (κ2) is 8.95. The fourth-order valence-electron chi connectivity index (χ4n) is 2.85. The molecular weight excluding hydrogens is 236 g/mol. The summed E-state index contributed by atoms with van der Waals surface area (Å²) in [7, 11) is 0. The van der Waals surface area contributed by atoms with E-state index < -0.39 is 0 Å². The van der Waals surface area contributed by atoms with Gasteiger partial charge in [0.2, 0.25) is 0 Å². The minimum absolute atomic E-state index is 0.0227. The van der Waals surface area contributed by atoms with Crippen molar-refractivity contribution in [1.82, 2.24) is 0 Å². The Morgan fingerprint density at radius 1 is 1.42 bits per heavy atom. The number of carbonyl (C=O) groups is 1. The molecule has 1 aliphatic rings. The molecule has 0 aromatic heterocycles. The molecule has 0 N–H and O–H groups in total. The molecule has 1 fully saturated rings. The van der Waals surface area contributed by atoms with Gasteiger partial charge >= 0.3 is 5.97 Å². The summed E-state index contributed by atoms with van der Waals surface area (Å²) < 4.78 is 5.45. The van der Waals surface area contributed by atoms with Crippen LogP contribution in [0.1, 0.15) is 65.2 Å². The zero-order valence-electron chi connectivity index (χ0n) is 12.5. The molecule has 0 saturated carbocycles. The topological polar surface area (TPSA) is 26.3 Å². The van der Waals surface area contributed by atoms with Crippen molar-refractivity contribution in [3.63, 3.8) is 0 Å². The molecule has 0 aromatic carbocycles. The van der Waals surface area contributed by atoms with E-state index in [9.17, 15) is 4.79 Å². The van der Waals surface area contributed by atoms with Gasteiger partial charge in [-0.3, -0.25) is 4.79 Å². The number of allylic oxidation sites excluding steroid dienone is 3. The van der Waals surface area contributed by atoms with Crippen molar-refractivity contribution in [2.45, 2.75) is 71.3 Å². The van der Waals surface area contributed by atoms with Gasteiger partial charge in [-0.25, -0.2) is 0 Å². The number of hydrogen-bond acceptors (Lipinski definition) is 2. The van der Waals surface area contributed by atoms with Gasteiger partial charge in [0.05, 0.1) is 6.10 Å². The highest BCUT2D eigenvalue weighted by atomic mass is 16.5. The summed E-state index contributed by atoms with van der Waals surface area (Å²) >= 11 is 0. The monoisotopic (exact) mass is 264 g/mol. The first kappa shape index (κ1) is 16.0. The van der Waals surface area contributed by atoms with Gasteiger partial charge in [-0.2, -0.15) is 0 Å². The van der Waals surface area contributed by atoms with E-state index in [1.165, 1.54) is 18.4 Å². The van der Waals surface area contributed by atoms with Crippen LogP contribution in [0.2, 0.25) is 0 Å². The summed E-state index contributed by atoms with van der Waals surface area (Å²) in [5, 5.41) is 0. The normalized spacial score (nSPS) is 26.6. The molecule has 0 spiro atoms. The number of ether oxygens (including phenoxy) is 1. The van der Waals surface area contributed by atoms with Gasteiger partial charge in [0.15, 0.2) is 0 Å². The van der Waals surface area contributed by atoms with Gasteiger partial charge in [-0.15, -0.1) is 0 Å². The summed E-state index contributed by atoms with van der Waals surface area (Å²) in [6.45, 7) is 8.00. The highest BCUT2D eigenvalue weighted by Crippen LogP contribution is 2.27. The number of hydrogen-bond donors (Lipinski definition) is 0. The lowest BCUT2D eigenvalue weighted by Crippen LogP contribution is -2.20. The number of carbonyl (C=O) groups excluding carboxylic acids is 1. The van der Waals surface area contributed by atoms with Crippen LogP contribution in [0, 0.1) is 5.92 Å². The van der Waals surface area contributed by atoms with E-state index >= 15 is 0 Å². The van der Waals surface area contributed by atoms with Crippen LogP contribution in [0.5, 0.6) is 0 Å². The van der Waals surface area contributed by atoms with Crippen molar-refractivity contribution in [1.29, 1.82) is 0 Å². The quantitative estimate of drug-likeness (QED) is 0.538. The lowest BCUT2D eigenvalue weighted by atomic mass is 9.87. The van der Waals surface area contributed by atoms with Crippen LogP contribution < -0.4 is 0 Å². The average Bonchev–Trinajstić information content (AvgIpc) is 2.36. The summed E-state index contributed by atoms with van der Waals surface area (Å²) in [6, 6.07) is 0. The molecule has 1 saturated heterocycles. The Morgan fingerprint density at radius 2 is 2.21 bits per heavy atom. The number of esters is 1. The van der Waals surface area contributed by atoms with E-state index in [0.29, 0.717) is 12.3 Å². The maximum Gasteiger partial charge on any atom is 0.306 e. The van der Waals surface area contributed by atoms with Crippen LogP contribution in [0.4, 0.5) is 0 Å². The van der Waals surface area contributed by atoms with E-state index in [0.717, 1.165) is 32.1 Å². The fourth-order valence-corrected chi connectivity index (χ4v) is 2.85. The first-order valence-corrected chi connectivity index (χ1v) is 7.65. The summed E-state index contributed by atoms with van der Waals surface area (Å²) in [4.78, 5) is 11.6. The first-order valence-electron chi connectivity index (χ1n) is 7.65. The van der Waals surface area contributed by atoms with Crippen molar-refractivity contribution >= 4 is 5.97 Å². The second-order valence-electron chi connectivity index (χ2n) is 5.62. The molecule has 0 aliphatic carbocycles. The predicted octanol–water partition coefficient (Wildman–Crippen LogP) is 4.80. The third kappa shape index (κ3) is 6.60. The minimum Gasteiger partial charge on any atom is -0.463 e. The summed E-state index contributed by atoms with van der Waals surface area (Å²) in [5.41, 5.74) is 1.45. The van der Waals surface area contributed by atoms with Gasteiger partial charge < -0.3 is 4.74 Å². The Labute approximate surface area is 117 Å². The van der Waals surface area contributed by atoms with Gasteiger partial charge in [-0.05, 0) is 38.5 Å². The van der Waals surface area contributed by atoms with Crippen LogP contribution in [0.15, 0.2) is 24.3 Å². The molecule has 19 heavy (non-hydrogen) atoms. The number of rotatable bonds is 4. The molecule has 1 rings (SSSR count). The molecule has 0 aromatic rings. The molecule has 2 atom stereocenters. The van der Waals surface area contributed by atoms with Crippen LogP contribution >= 0.6 is 0 Å². The first-order chi connectivity index (χ1) is 9.15. The molecule has 108 valence electrons. The van der Waals surface area contributed by atoms with Crippen molar-refractivity contribution in [3.8, 4) is 0 Å². The molecule has 0 radical (unpaired) electrons. The molecule has 0 amide bonds. The van der Waals surface area contributed by atoms with E-state index in [-0.39, 0.29) is 12.1 Å². The largest absolute Gasteiger partial charge is 0.463 e. The van der Waals surface area contributed by atoms with Crippen LogP contribution in [-0.2, 0) is 9.53 Å². The van der Waals surface area contributed by atoms with Crippen molar-refractivity contribution in [2.75, 3.05) is 0 Å². The van der Waals surface area contributed by atoms with E-state index in [2.05, 4.69) is 19.6 Å². The number of cyclic esters (lactones) is 1. The van der Waals surface area contributed by atoms with Gasteiger partial charge in [0.25, 0.3) is 0 Å². The van der Waals surface area contributed by atoms with Crippen molar-refractivity contribution < 1.29 is 9.53 Å². The molecule has 2 nitrogen and oxygen atoms in total. The molecule has 2 heteroatoms. The lowest BCUT2D eigenvalue weighted by molar-refractivity contribution is -0.149. The Balaban J connectivity index is 2.60. The highest BCUT2D eigenvalue weighted by molar-refractivity contribution is 5.69. The highest BCUT2D eigenvalue weighted by Gasteiger charge is 2.18. The molecule has 1 aliphatic heterocycles. The maximum absolute atomic E-state index is 11.6. The van der Waals surface area contributed by atoms with E-state index in [1.807, 2.05) is 13.0 Å². The Hall–Kier alpha value is -1.05. The van der Waals surface area contributed by atoms with Crippen molar-refractivity contribution in [3.05, 3.63) is 24.3 Å². The zero-order valence-corrected chi connectivity index (χ0v) is 12.5. The maximum atomic E-state index is 11.6. The molecular formula is C17H28O2. The lowest BCUT2D eigenvalue weighted by Gasteiger charge is -2.23. The molecule has 0 bridgehead atoms. The van der Waals surface area contributed by atoms with Gasteiger partial charge in [-0.1, -0.05) is 50.5 Å². The van der Waals surface area contributed by atoms with Crippen LogP contribution in [0.3, 0.4) is 0 Å². The predicted molar refractivity (Wildman–Crippen MR) is 79.9 cm³/mol. The Morgan fingerprint density at radius 3 is 2.89 bits per heavy atom. The smallest absolute Gasteiger partial charge is 0.306 e. The zero-order chi connectivity index (χ0) is 14.1. The molecule has 2 unspecified atom stereocenters. The third-order valence-corrected chi connectivity index (χ3v) is 3.85. The summed E-state index contributed by atoms with van der Waals surface area (Å²) in [6.07, 6.45) is 12.4. The Bertz CT molecular complexity index is 317. The summed E-state index contributed by atoms with van der Waals surface area (Å²) in [5.74, 6) is 0.609. The minimum atomic E-state index is -0.0227. The van der Waals surface area contributed by atoms with E-state index in [4.69, 9.17) is 4.74 Å². The third-order valence-electron chi connectivity index (χ3n) is 3.85. The van der Waals surface area contributed by atoms with Gasteiger partial charge in [0, 0.05) is 6.42 Å². The SMILES string of the molecule is C=C/C=C(\CC)CC1CCCCCC(=O)OC(C)C1.